The van der Waals surface area contributed by atoms with Gasteiger partial charge in [0.05, 0.1) is 28.9 Å². The minimum Gasteiger partial charge on any atom is -0.272 e. The van der Waals surface area contributed by atoms with Crippen molar-refractivity contribution in [3.63, 3.8) is 0 Å². The van der Waals surface area contributed by atoms with Crippen LogP contribution in [-0.2, 0) is 16.1 Å². The Kier molecular flexibility index (Phi) is 6.44. The van der Waals surface area contributed by atoms with Crippen molar-refractivity contribution in [2.24, 2.45) is 23.7 Å². The van der Waals surface area contributed by atoms with Crippen molar-refractivity contribution in [3.8, 4) is 0 Å². The first-order chi connectivity index (χ1) is 16.6. The molecule has 35 heavy (non-hydrogen) atoms. The van der Waals surface area contributed by atoms with Gasteiger partial charge in [-0.25, -0.2) is 5.01 Å². The Balaban J connectivity index is 1.57. The molecular weight excluding hydrogens is 629 g/mol. The largest absolute Gasteiger partial charge is 0.275 e. The number of benzene rings is 2. The summed E-state index contributed by atoms with van der Waals surface area (Å²) in [5.41, 5.74) is 0.00859. The minimum atomic E-state index is -0.647. The van der Waals surface area contributed by atoms with Gasteiger partial charge in [-0.05, 0) is 54.7 Å². The van der Waals surface area contributed by atoms with E-state index in [4.69, 9.17) is 23.2 Å². The second kappa shape index (κ2) is 9.14. The standard InChI is InChI=1S/C23H17Br2Cl2N3O5/c24-19-14-8-15(20(19)25)18-17(14)22(32)29(23(18)33)28(21(31)10-1-4-12(26)5-2-10)9-11-3-6-13(27)7-16(11)30(34)35/h1-7,14-15,17-20H,8-9H2/t14-,15-,17-,18+,19+,20+/m1/s1. The lowest BCUT2D eigenvalue weighted by Crippen LogP contribution is -2.50. The topological polar surface area (TPSA) is 101 Å². The summed E-state index contributed by atoms with van der Waals surface area (Å²) < 4.78 is 0. The molecule has 12 heteroatoms. The van der Waals surface area contributed by atoms with Gasteiger partial charge in [0.25, 0.3) is 23.4 Å². The van der Waals surface area contributed by atoms with Crippen LogP contribution in [0.15, 0.2) is 42.5 Å². The van der Waals surface area contributed by atoms with Gasteiger partial charge in [-0.2, -0.15) is 5.01 Å². The molecule has 2 aromatic carbocycles. The number of fused-ring (bicyclic) bond motifs is 5. The third-order valence-corrected chi connectivity index (χ3v) is 10.8. The molecule has 1 saturated heterocycles. The number of alkyl halides is 2. The monoisotopic (exact) mass is 643 g/mol. The van der Waals surface area contributed by atoms with E-state index in [1.165, 1.54) is 42.5 Å². The number of hydrogen-bond acceptors (Lipinski definition) is 5. The summed E-state index contributed by atoms with van der Waals surface area (Å²) in [7, 11) is 0. The van der Waals surface area contributed by atoms with Gasteiger partial charge in [0, 0.05) is 31.3 Å². The summed E-state index contributed by atoms with van der Waals surface area (Å²) >= 11 is 19.2. The molecule has 1 aliphatic heterocycles. The number of halogens is 4. The van der Waals surface area contributed by atoms with Gasteiger partial charge in [0.2, 0.25) is 0 Å². The fourth-order valence-electron chi connectivity index (χ4n) is 5.55. The Labute approximate surface area is 226 Å². The zero-order valence-corrected chi connectivity index (χ0v) is 22.5. The maximum atomic E-state index is 13.6. The number of carbonyl (C=O) groups is 3. The average Bonchev–Trinajstić information content (AvgIpc) is 3.43. The van der Waals surface area contributed by atoms with Crippen LogP contribution >= 0.6 is 55.1 Å². The maximum absolute atomic E-state index is 13.6. The summed E-state index contributed by atoms with van der Waals surface area (Å²) in [4.78, 5) is 52.0. The van der Waals surface area contributed by atoms with Gasteiger partial charge in [-0.1, -0.05) is 55.1 Å². The molecule has 3 amide bonds. The van der Waals surface area contributed by atoms with Gasteiger partial charge >= 0.3 is 0 Å². The Morgan fingerprint density at radius 2 is 1.54 bits per heavy atom. The van der Waals surface area contributed by atoms with Gasteiger partial charge in [0.15, 0.2) is 0 Å². The second-order valence-electron chi connectivity index (χ2n) is 8.89. The van der Waals surface area contributed by atoms with E-state index in [2.05, 4.69) is 31.9 Å². The quantitative estimate of drug-likeness (QED) is 0.192. The Morgan fingerprint density at radius 3 is 2.09 bits per heavy atom. The first-order valence-electron chi connectivity index (χ1n) is 10.8. The molecule has 3 aliphatic rings. The Morgan fingerprint density at radius 1 is 1.00 bits per heavy atom. The number of nitro benzene ring substituents is 1. The van der Waals surface area contributed by atoms with Crippen molar-refractivity contribution >= 4 is 78.5 Å². The van der Waals surface area contributed by atoms with Crippen molar-refractivity contribution in [3.05, 3.63) is 73.8 Å². The van der Waals surface area contributed by atoms with Crippen LogP contribution in [-0.4, -0.2) is 42.3 Å². The molecule has 2 aromatic rings. The normalized spacial score (nSPS) is 29.0. The van der Waals surface area contributed by atoms with Gasteiger partial charge in [0.1, 0.15) is 0 Å². The molecule has 5 rings (SSSR count). The molecule has 0 aromatic heterocycles. The second-order valence-corrected chi connectivity index (χ2v) is 11.9. The summed E-state index contributed by atoms with van der Waals surface area (Å²) in [6.45, 7) is -0.364. The molecule has 0 radical (unpaired) electrons. The molecular formula is C23H17Br2Cl2N3O5. The highest BCUT2D eigenvalue weighted by molar-refractivity contribution is 9.12. The summed E-state index contributed by atoms with van der Waals surface area (Å²) in [6.07, 6.45) is 0.736. The molecule has 0 unspecified atom stereocenters. The Bertz CT molecular complexity index is 1230. The number of imide groups is 1. The zero-order chi connectivity index (χ0) is 25.2. The third kappa shape index (κ3) is 3.98. The van der Waals surface area contributed by atoms with Crippen LogP contribution in [0.1, 0.15) is 22.3 Å². The molecule has 2 bridgehead atoms. The number of hydrogen-bond donors (Lipinski definition) is 0. The number of hydrazine groups is 1. The summed E-state index contributed by atoms with van der Waals surface area (Å²) in [6, 6.07) is 10.0. The molecule has 182 valence electrons. The van der Waals surface area contributed by atoms with Crippen LogP contribution in [0.25, 0.3) is 0 Å². The molecule has 2 saturated carbocycles. The van der Waals surface area contributed by atoms with Crippen molar-refractivity contribution in [1.82, 2.24) is 10.0 Å². The van der Waals surface area contributed by atoms with Crippen molar-refractivity contribution in [1.29, 1.82) is 0 Å². The van der Waals surface area contributed by atoms with Gasteiger partial charge < -0.3 is 0 Å². The van der Waals surface area contributed by atoms with Crippen LogP contribution in [0.4, 0.5) is 5.69 Å². The van der Waals surface area contributed by atoms with E-state index in [0.717, 1.165) is 16.4 Å². The average molecular weight is 646 g/mol. The molecule has 3 fully saturated rings. The van der Waals surface area contributed by atoms with Gasteiger partial charge in [-0.3, -0.25) is 24.5 Å². The predicted octanol–water partition coefficient (Wildman–Crippen LogP) is 5.24. The zero-order valence-electron chi connectivity index (χ0n) is 17.8. The van der Waals surface area contributed by atoms with Crippen molar-refractivity contribution in [2.75, 3.05) is 0 Å². The van der Waals surface area contributed by atoms with Crippen molar-refractivity contribution in [2.45, 2.75) is 22.6 Å². The SMILES string of the molecule is O=C(c1ccc(Cl)cc1)N(Cc1ccc(Cl)cc1[N+](=O)[O-])N1C(=O)[C@@H]2[C@H]3C[C@@H]([C@H](Br)[C@H]3Br)[C@@H]2C1=O. The Hall–Kier alpha value is -2.01. The molecule has 6 atom stereocenters. The fourth-order valence-corrected chi connectivity index (χ4v) is 7.71. The highest BCUT2D eigenvalue weighted by Crippen LogP contribution is 2.60. The maximum Gasteiger partial charge on any atom is 0.275 e. The molecule has 2 aliphatic carbocycles. The molecule has 0 N–H and O–H groups in total. The first-order valence-corrected chi connectivity index (χ1v) is 13.3. The number of amides is 3. The van der Waals surface area contributed by atoms with E-state index in [0.29, 0.717) is 5.02 Å². The summed E-state index contributed by atoms with van der Waals surface area (Å²) in [5, 5.41) is 14.1. The van der Waals surface area contributed by atoms with E-state index < -0.39 is 34.5 Å². The number of carbonyl (C=O) groups excluding carboxylic acids is 3. The van der Waals surface area contributed by atoms with Crippen LogP contribution in [0.2, 0.25) is 10.0 Å². The lowest BCUT2D eigenvalue weighted by Gasteiger charge is -2.31. The van der Waals surface area contributed by atoms with E-state index in [9.17, 15) is 24.5 Å². The highest BCUT2D eigenvalue weighted by atomic mass is 79.9. The predicted molar refractivity (Wildman–Crippen MR) is 135 cm³/mol. The van der Waals surface area contributed by atoms with E-state index >= 15 is 0 Å². The van der Waals surface area contributed by atoms with E-state index in [-0.39, 0.29) is 49.9 Å². The third-order valence-electron chi connectivity index (χ3n) is 7.10. The molecule has 1 heterocycles. The summed E-state index contributed by atoms with van der Waals surface area (Å²) in [5.74, 6) is -2.77. The highest BCUT2D eigenvalue weighted by Gasteiger charge is 2.67. The van der Waals surface area contributed by atoms with Crippen LogP contribution in [0, 0.1) is 33.8 Å². The molecule has 0 spiro atoms. The number of rotatable bonds is 5. The lowest BCUT2D eigenvalue weighted by molar-refractivity contribution is -0.385. The number of nitro groups is 1. The van der Waals surface area contributed by atoms with Gasteiger partial charge in [-0.15, -0.1) is 0 Å². The van der Waals surface area contributed by atoms with E-state index in [1.54, 1.807) is 0 Å². The smallest absolute Gasteiger partial charge is 0.272 e. The molecule has 8 nitrogen and oxygen atoms in total. The van der Waals surface area contributed by atoms with Crippen LogP contribution in [0.5, 0.6) is 0 Å². The van der Waals surface area contributed by atoms with E-state index in [1.807, 2.05) is 0 Å². The lowest BCUT2D eigenvalue weighted by atomic mass is 9.81. The fraction of sp³-hybridized carbons (Fsp3) is 0.348. The first kappa shape index (κ1) is 24.7. The minimum absolute atomic E-state index is 0.0308. The van der Waals surface area contributed by atoms with Crippen molar-refractivity contribution < 1.29 is 19.3 Å². The van der Waals surface area contributed by atoms with Crippen LogP contribution in [0.3, 0.4) is 0 Å². The number of nitrogens with zero attached hydrogens (tertiary/aromatic N) is 3. The van der Waals surface area contributed by atoms with Crippen LogP contribution < -0.4 is 0 Å².